The Morgan fingerprint density at radius 3 is 2.66 bits per heavy atom. The predicted molar refractivity (Wildman–Crippen MR) is 132 cm³/mol. The Labute approximate surface area is 207 Å². The topological polar surface area (TPSA) is 125 Å². The van der Waals surface area contributed by atoms with E-state index in [9.17, 15) is 14.7 Å². The van der Waals surface area contributed by atoms with Crippen molar-refractivity contribution in [2.45, 2.75) is 0 Å². The van der Waals surface area contributed by atoms with Crippen molar-refractivity contribution in [1.29, 1.82) is 0 Å². The standard InChI is InChI=1S/C25H17BrN4O5/c26-16-7-8-18-17(12-16)22(25(33)27-18)29-30-24(32)19(28-23(31)15-4-2-1-3-5-15)10-14-6-9-20-21(11-14)35-13-34-20/h1-12,27,33H,13H2,(H,28,31)/b19-10-,30-29?. The molecule has 3 aromatic carbocycles. The van der Waals surface area contributed by atoms with Crippen LogP contribution in [0.25, 0.3) is 17.0 Å². The first-order chi connectivity index (χ1) is 17.0. The monoisotopic (exact) mass is 532 g/mol. The van der Waals surface area contributed by atoms with Gasteiger partial charge in [-0.3, -0.25) is 9.59 Å². The van der Waals surface area contributed by atoms with Crippen LogP contribution in [-0.4, -0.2) is 28.7 Å². The van der Waals surface area contributed by atoms with E-state index in [1.54, 1.807) is 66.7 Å². The Kier molecular flexibility index (Phi) is 6.02. The Hall–Kier alpha value is -4.44. The lowest BCUT2D eigenvalue weighted by molar-refractivity contribution is -0.115. The summed E-state index contributed by atoms with van der Waals surface area (Å²) >= 11 is 3.38. The Morgan fingerprint density at radius 1 is 1.03 bits per heavy atom. The summed E-state index contributed by atoms with van der Waals surface area (Å²) < 4.78 is 11.5. The summed E-state index contributed by atoms with van der Waals surface area (Å²) in [5.74, 6) is -0.417. The normalized spacial score (nSPS) is 12.9. The molecule has 10 heteroatoms. The summed E-state index contributed by atoms with van der Waals surface area (Å²) in [4.78, 5) is 28.6. The molecule has 0 spiro atoms. The van der Waals surface area contributed by atoms with Gasteiger partial charge >= 0.3 is 5.91 Å². The second kappa shape index (κ2) is 9.43. The van der Waals surface area contributed by atoms with E-state index < -0.39 is 11.8 Å². The maximum atomic E-state index is 13.1. The highest BCUT2D eigenvalue weighted by molar-refractivity contribution is 9.10. The number of aromatic hydroxyl groups is 1. The molecule has 0 unspecified atom stereocenters. The molecule has 0 radical (unpaired) electrons. The van der Waals surface area contributed by atoms with Crippen LogP contribution in [0.3, 0.4) is 0 Å². The van der Waals surface area contributed by atoms with Crippen molar-refractivity contribution in [2.75, 3.05) is 6.79 Å². The molecule has 0 fully saturated rings. The molecule has 174 valence electrons. The number of hydrogen-bond acceptors (Lipinski definition) is 6. The molecule has 2 amide bonds. The van der Waals surface area contributed by atoms with Crippen LogP contribution in [0.2, 0.25) is 0 Å². The van der Waals surface area contributed by atoms with Gasteiger partial charge in [-0.15, -0.1) is 10.2 Å². The van der Waals surface area contributed by atoms with Gasteiger partial charge in [-0.1, -0.05) is 40.2 Å². The number of rotatable bonds is 5. The molecule has 35 heavy (non-hydrogen) atoms. The average molecular weight is 533 g/mol. The van der Waals surface area contributed by atoms with Crippen LogP contribution in [0.15, 0.2) is 87.1 Å². The number of hydrogen-bond donors (Lipinski definition) is 3. The fourth-order valence-corrected chi connectivity index (χ4v) is 3.85. The van der Waals surface area contributed by atoms with Gasteiger partial charge in [0.25, 0.3) is 5.91 Å². The Morgan fingerprint density at radius 2 is 1.83 bits per heavy atom. The van der Waals surface area contributed by atoms with Crippen molar-refractivity contribution in [2.24, 2.45) is 10.2 Å². The average Bonchev–Trinajstić information content (AvgIpc) is 3.45. The number of ether oxygens (including phenoxy) is 2. The van der Waals surface area contributed by atoms with Crippen LogP contribution in [0, 0.1) is 0 Å². The largest absolute Gasteiger partial charge is 0.493 e. The zero-order valence-electron chi connectivity index (χ0n) is 18.0. The van der Waals surface area contributed by atoms with Crippen LogP contribution in [-0.2, 0) is 4.79 Å². The SMILES string of the molecule is O=C(N=Nc1c(O)[nH]c2ccc(Br)cc12)/C(=C/c1ccc2c(c1)OCO2)NC(=O)c1ccccc1. The van der Waals surface area contributed by atoms with Crippen LogP contribution in [0.4, 0.5) is 5.69 Å². The third-order valence-corrected chi connectivity index (χ3v) is 5.67. The predicted octanol–water partition coefficient (Wildman–Crippen LogP) is 5.45. The molecule has 1 aliphatic rings. The minimum atomic E-state index is -0.810. The maximum Gasteiger partial charge on any atom is 0.311 e. The lowest BCUT2D eigenvalue weighted by Crippen LogP contribution is -2.26. The first-order valence-electron chi connectivity index (χ1n) is 10.4. The minimum absolute atomic E-state index is 0.103. The molecule has 1 aliphatic heterocycles. The number of amides is 2. The molecule has 5 rings (SSSR count). The van der Waals surface area contributed by atoms with E-state index in [2.05, 4.69) is 36.5 Å². The molecular weight excluding hydrogens is 516 g/mol. The summed E-state index contributed by atoms with van der Waals surface area (Å²) in [6, 6.07) is 18.9. The van der Waals surface area contributed by atoms with Crippen LogP contribution >= 0.6 is 15.9 Å². The fraction of sp³-hybridized carbons (Fsp3) is 0.0400. The van der Waals surface area contributed by atoms with Crippen LogP contribution < -0.4 is 14.8 Å². The number of azo groups is 1. The summed E-state index contributed by atoms with van der Waals surface area (Å²) in [5.41, 5.74) is 1.57. The number of H-pyrrole nitrogens is 1. The van der Waals surface area contributed by atoms with Gasteiger partial charge in [0.05, 0.1) is 5.52 Å². The smallest absolute Gasteiger partial charge is 0.311 e. The highest BCUT2D eigenvalue weighted by Gasteiger charge is 2.18. The molecule has 0 bridgehead atoms. The number of fused-ring (bicyclic) bond motifs is 2. The molecule has 0 saturated heterocycles. The highest BCUT2D eigenvalue weighted by Crippen LogP contribution is 2.37. The van der Waals surface area contributed by atoms with Crippen LogP contribution in [0.5, 0.6) is 17.4 Å². The third kappa shape index (κ3) is 4.78. The van der Waals surface area contributed by atoms with Gasteiger partial charge in [0.2, 0.25) is 12.7 Å². The van der Waals surface area contributed by atoms with E-state index in [4.69, 9.17) is 9.47 Å². The number of aromatic nitrogens is 1. The van der Waals surface area contributed by atoms with E-state index >= 15 is 0 Å². The molecule has 3 N–H and O–H groups in total. The number of aromatic amines is 1. The molecule has 0 atom stereocenters. The van der Waals surface area contributed by atoms with Gasteiger partial charge in [-0.25, -0.2) is 0 Å². The number of nitrogens with zero attached hydrogens (tertiary/aromatic N) is 2. The zero-order chi connectivity index (χ0) is 24.4. The van der Waals surface area contributed by atoms with Gasteiger partial charge in [-0.05, 0) is 54.1 Å². The summed E-state index contributed by atoms with van der Waals surface area (Å²) in [7, 11) is 0. The first kappa shape index (κ1) is 22.4. The molecule has 4 aromatic rings. The van der Waals surface area contributed by atoms with E-state index in [1.807, 2.05) is 0 Å². The lowest BCUT2D eigenvalue weighted by Gasteiger charge is -2.07. The van der Waals surface area contributed by atoms with E-state index in [1.165, 1.54) is 6.08 Å². The number of carbonyl (C=O) groups is 2. The summed E-state index contributed by atoms with van der Waals surface area (Å²) in [5, 5.41) is 21.2. The van der Waals surface area contributed by atoms with E-state index in [0.717, 1.165) is 4.47 Å². The quantitative estimate of drug-likeness (QED) is 0.233. The molecule has 0 aliphatic carbocycles. The van der Waals surface area contributed by atoms with Crippen LogP contribution in [0.1, 0.15) is 15.9 Å². The summed E-state index contributed by atoms with van der Waals surface area (Å²) in [6.45, 7) is 0.109. The maximum absolute atomic E-state index is 13.1. The summed E-state index contributed by atoms with van der Waals surface area (Å²) in [6.07, 6.45) is 1.47. The number of nitrogens with one attached hydrogen (secondary N) is 2. The second-order valence-corrected chi connectivity index (χ2v) is 8.42. The van der Waals surface area contributed by atoms with E-state index in [0.29, 0.717) is 33.5 Å². The second-order valence-electron chi connectivity index (χ2n) is 7.51. The fourth-order valence-electron chi connectivity index (χ4n) is 3.49. The molecule has 9 nitrogen and oxygen atoms in total. The van der Waals surface area contributed by atoms with Crippen molar-refractivity contribution in [1.82, 2.24) is 10.3 Å². The Balaban J connectivity index is 1.48. The number of benzene rings is 3. The molecule has 2 heterocycles. The molecular formula is C25H17BrN4O5. The number of carbonyl (C=O) groups excluding carboxylic acids is 2. The Bertz CT molecular complexity index is 1510. The molecule has 0 saturated carbocycles. The molecule has 1 aromatic heterocycles. The van der Waals surface area contributed by atoms with Gasteiger partial charge in [0.1, 0.15) is 5.70 Å². The van der Waals surface area contributed by atoms with Crippen molar-refractivity contribution >= 4 is 50.4 Å². The van der Waals surface area contributed by atoms with Crippen molar-refractivity contribution in [3.05, 3.63) is 88.0 Å². The minimum Gasteiger partial charge on any atom is -0.493 e. The highest BCUT2D eigenvalue weighted by atomic mass is 79.9. The van der Waals surface area contributed by atoms with Crippen molar-refractivity contribution in [3.63, 3.8) is 0 Å². The van der Waals surface area contributed by atoms with Gasteiger partial charge < -0.3 is 24.9 Å². The number of halogens is 1. The van der Waals surface area contributed by atoms with E-state index in [-0.39, 0.29) is 24.1 Å². The van der Waals surface area contributed by atoms with Gasteiger partial charge in [-0.2, -0.15) is 0 Å². The van der Waals surface area contributed by atoms with Crippen molar-refractivity contribution in [3.8, 4) is 17.4 Å². The third-order valence-electron chi connectivity index (χ3n) is 5.18. The lowest BCUT2D eigenvalue weighted by atomic mass is 10.1. The zero-order valence-corrected chi connectivity index (χ0v) is 19.6. The first-order valence-corrected chi connectivity index (χ1v) is 11.2. The van der Waals surface area contributed by atoms with Crippen molar-refractivity contribution < 1.29 is 24.2 Å². The van der Waals surface area contributed by atoms with Gasteiger partial charge in [0.15, 0.2) is 17.2 Å². The van der Waals surface area contributed by atoms with Gasteiger partial charge in [0, 0.05) is 15.4 Å².